The molecular formula is C5H4INO4. The number of esters is 1. The maximum absolute atomic E-state index is 10.7. The molecule has 1 atom stereocenters. The SMILES string of the molecule is O=C(I)CC1NC(=O)OC1=O. The highest BCUT2D eigenvalue weighted by Gasteiger charge is 2.33. The molecule has 0 aliphatic carbocycles. The van der Waals surface area contributed by atoms with Crippen molar-refractivity contribution in [3.05, 3.63) is 0 Å². The molecule has 0 spiro atoms. The standard InChI is InChI=1S/C5H4INO4/c6-3(8)1-2-4(9)11-5(10)7-2/h2H,1H2,(H,7,10). The molecule has 0 aromatic heterocycles. The Balaban J connectivity index is 2.53. The lowest BCUT2D eigenvalue weighted by molar-refractivity contribution is -0.136. The number of hydrogen-bond acceptors (Lipinski definition) is 4. The molecule has 1 unspecified atom stereocenters. The highest BCUT2D eigenvalue weighted by Crippen LogP contribution is 2.06. The summed E-state index contributed by atoms with van der Waals surface area (Å²) >= 11 is 1.55. The smallest absolute Gasteiger partial charge is 0.375 e. The Labute approximate surface area is 75.6 Å². The Kier molecular flexibility index (Phi) is 2.42. The number of rotatable bonds is 2. The highest BCUT2D eigenvalue weighted by molar-refractivity contribution is 14.1. The van der Waals surface area contributed by atoms with Crippen LogP contribution in [0.1, 0.15) is 6.42 Å². The summed E-state index contributed by atoms with van der Waals surface area (Å²) in [5, 5.41) is 2.20. The Morgan fingerprint density at radius 1 is 1.64 bits per heavy atom. The summed E-state index contributed by atoms with van der Waals surface area (Å²) in [5.41, 5.74) is 0. The van der Waals surface area contributed by atoms with E-state index in [1.165, 1.54) is 0 Å². The minimum atomic E-state index is -0.785. The van der Waals surface area contributed by atoms with Crippen LogP contribution in [0.5, 0.6) is 0 Å². The van der Waals surface area contributed by atoms with E-state index >= 15 is 0 Å². The van der Waals surface area contributed by atoms with E-state index in [0.29, 0.717) is 0 Å². The first kappa shape index (κ1) is 8.44. The van der Waals surface area contributed by atoms with Crippen molar-refractivity contribution in [3.63, 3.8) is 0 Å². The number of cyclic esters (lactones) is 2. The first-order valence-corrected chi connectivity index (χ1v) is 3.88. The number of amides is 1. The Hall–Kier alpha value is -0.660. The van der Waals surface area contributed by atoms with E-state index in [4.69, 9.17) is 0 Å². The second-order valence-electron chi connectivity index (χ2n) is 1.96. The number of carbonyl (C=O) groups excluding carboxylic acids is 3. The van der Waals surface area contributed by atoms with E-state index in [1.807, 2.05) is 0 Å². The van der Waals surface area contributed by atoms with Gasteiger partial charge in [-0.2, -0.15) is 0 Å². The third-order valence-electron chi connectivity index (χ3n) is 1.13. The molecule has 1 heterocycles. The molecule has 6 heteroatoms. The second-order valence-corrected chi connectivity index (χ2v) is 3.17. The van der Waals surface area contributed by atoms with E-state index < -0.39 is 18.1 Å². The summed E-state index contributed by atoms with van der Waals surface area (Å²) in [4.78, 5) is 31.5. The molecule has 11 heavy (non-hydrogen) atoms. The van der Waals surface area contributed by atoms with Crippen LogP contribution in [0.2, 0.25) is 0 Å². The zero-order valence-electron chi connectivity index (χ0n) is 5.30. The molecule has 0 radical (unpaired) electrons. The lowest BCUT2D eigenvalue weighted by Crippen LogP contribution is -2.29. The van der Waals surface area contributed by atoms with Crippen molar-refractivity contribution in [3.8, 4) is 0 Å². The van der Waals surface area contributed by atoms with Crippen LogP contribution < -0.4 is 5.32 Å². The van der Waals surface area contributed by atoms with Crippen LogP contribution in [0, 0.1) is 0 Å². The average molecular weight is 269 g/mol. The third kappa shape index (κ3) is 2.14. The van der Waals surface area contributed by atoms with Crippen molar-refractivity contribution in [2.24, 2.45) is 0 Å². The van der Waals surface area contributed by atoms with Crippen LogP contribution in [-0.4, -0.2) is 21.9 Å². The van der Waals surface area contributed by atoms with Gasteiger partial charge in [-0.25, -0.2) is 9.59 Å². The normalized spacial score (nSPS) is 22.8. The van der Waals surface area contributed by atoms with Gasteiger partial charge in [0, 0.05) is 6.42 Å². The van der Waals surface area contributed by atoms with E-state index in [0.717, 1.165) is 0 Å². The predicted octanol–water partition coefficient (Wildman–Crippen LogP) is -0.0269. The third-order valence-corrected chi connectivity index (χ3v) is 1.57. The number of ether oxygens (including phenoxy) is 1. The van der Waals surface area contributed by atoms with Gasteiger partial charge in [0.1, 0.15) is 6.04 Å². The van der Waals surface area contributed by atoms with Gasteiger partial charge in [-0.05, 0) is 22.6 Å². The number of halogens is 1. The summed E-state index contributed by atoms with van der Waals surface area (Å²) in [6, 6.07) is -0.785. The van der Waals surface area contributed by atoms with Crippen LogP contribution in [-0.2, 0) is 14.3 Å². The van der Waals surface area contributed by atoms with Gasteiger partial charge in [0.2, 0.25) is 0 Å². The average Bonchev–Trinajstić information content (AvgIpc) is 2.09. The molecule has 60 valence electrons. The van der Waals surface area contributed by atoms with Crippen LogP contribution in [0.4, 0.5) is 4.79 Å². The maximum Gasteiger partial charge on any atom is 0.415 e. The molecule has 1 rings (SSSR count). The maximum atomic E-state index is 10.7. The molecule has 5 nitrogen and oxygen atoms in total. The van der Waals surface area contributed by atoms with Gasteiger partial charge >= 0.3 is 12.1 Å². The van der Waals surface area contributed by atoms with Gasteiger partial charge < -0.3 is 10.1 Å². The Morgan fingerprint density at radius 3 is 2.64 bits per heavy atom. The molecular weight excluding hydrogens is 265 g/mol. The monoisotopic (exact) mass is 269 g/mol. The Morgan fingerprint density at radius 2 is 2.27 bits per heavy atom. The Bertz CT molecular complexity index is 227. The van der Waals surface area contributed by atoms with E-state index in [2.05, 4.69) is 10.1 Å². The lowest BCUT2D eigenvalue weighted by Gasteiger charge is -1.98. The minimum Gasteiger partial charge on any atom is -0.375 e. The number of carbonyl (C=O) groups is 3. The van der Waals surface area contributed by atoms with Crippen LogP contribution in [0.3, 0.4) is 0 Å². The van der Waals surface area contributed by atoms with Gasteiger partial charge in [0.05, 0.1) is 0 Å². The van der Waals surface area contributed by atoms with Crippen molar-refractivity contribution >= 4 is 38.4 Å². The molecule has 1 saturated heterocycles. The zero-order chi connectivity index (χ0) is 8.43. The number of hydrogen-bond donors (Lipinski definition) is 1. The fourth-order valence-corrected chi connectivity index (χ4v) is 1.13. The van der Waals surface area contributed by atoms with Crippen molar-refractivity contribution in [2.75, 3.05) is 0 Å². The summed E-state index contributed by atoms with van der Waals surface area (Å²) in [5.74, 6) is -0.681. The number of nitrogens with one attached hydrogen (secondary N) is 1. The summed E-state index contributed by atoms with van der Waals surface area (Å²) < 4.78 is 3.94. The molecule has 0 aromatic rings. The topological polar surface area (TPSA) is 72.5 Å². The first-order chi connectivity index (χ1) is 5.09. The largest absolute Gasteiger partial charge is 0.415 e. The minimum absolute atomic E-state index is 0.00880. The van der Waals surface area contributed by atoms with Crippen LogP contribution in [0.15, 0.2) is 0 Å². The second kappa shape index (κ2) is 3.16. The van der Waals surface area contributed by atoms with Gasteiger partial charge in [-0.15, -0.1) is 0 Å². The lowest BCUT2D eigenvalue weighted by atomic mass is 10.2. The van der Waals surface area contributed by atoms with Gasteiger partial charge in [-0.3, -0.25) is 4.79 Å². The van der Waals surface area contributed by atoms with E-state index in [1.54, 1.807) is 22.6 Å². The number of alkyl carbamates (subject to hydrolysis) is 1. The molecule has 1 aliphatic rings. The summed E-state index contributed by atoms with van der Waals surface area (Å²) in [6.45, 7) is 0. The fraction of sp³-hybridized carbons (Fsp3) is 0.400. The molecule has 1 N–H and O–H groups in total. The zero-order valence-corrected chi connectivity index (χ0v) is 7.45. The van der Waals surface area contributed by atoms with Gasteiger partial charge in [0.15, 0.2) is 3.79 Å². The fourth-order valence-electron chi connectivity index (χ4n) is 0.688. The molecule has 0 aromatic carbocycles. The molecule has 1 amide bonds. The first-order valence-electron chi connectivity index (χ1n) is 2.80. The van der Waals surface area contributed by atoms with Crippen molar-refractivity contribution in [1.29, 1.82) is 0 Å². The molecule has 1 fully saturated rings. The van der Waals surface area contributed by atoms with Gasteiger partial charge in [0.25, 0.3) is 0 Å². The molecule has 1 aliphatic heterocycles. The van der Waals surface area contributed by atoms with Gasteiger partial charge in [-0.1, -0.05) is 0 Å². The molecule has 0 saturated carbocycles. The van der Waals surface area contributed by atoms with Crippen molar-refractivity contribution < 1.29 is 19.1 Å². The predicted molar refractivity (Wildman–Crippen MR) is 42.1 cm³/mol. The van der Waals surface area contributed by atoms with E-state index in [9.17, 15) is 14.4 Å². The van der Waals surface area contributed by atoms with Crippen molar-refractivity contribution in [1.82, 2.24) is 5.32 Å². The summed E-state index contributed by atoms with van der Waals surface area (Å²) in [6.07, 6.45) is -0.789. The molecule has 0 bridgehead atoms. The van der Waals surface area contributed by atoms with Crippen LogP contribution in [0.25, 0.3) is 0 Å². The summed E-state index contributed by atoms with van der Waals surface area (Å²) in [7, 11) is 0. The van der Waals surface area contributed by atoms with Crippen LogP contribution >= 0.6 is 22.6 Å². The van der Waals surface area contributed by atoms with Crippen molar-refractivity contribution in [2.45, 2.75) is 12.5 Å². The quantitative estimate of drug-likeness (QED) is 0.331. The van der Waals surface area contributed by atoms with E-state index in [-0.39, 0.29) is 10.2 Å². The highest BCUT2D eigenvalue weighted by atomic mass is 127.